The molecule has 0 saturated heterocycles. The summed E-state index contributed by atoms with van der Waals surface area (Å²) in [7, 11) is -1.02. The van der Waals surface area contributed by atoms with Gasteiger partial charge in [-0.1, -0.05) is 23.7 Å². The second kappa shape index (κ2) is 8.71. The minimum Gasteiger partial charge on any atom is -0.497 e. The molecule has 152 valence electrons. The van der Waals surface area contributed by atoms with E-state index < -0.39 is 15.8 Å². The van der Waals surface area contributed by atoms with Gasteiger partial charge in [0, 0.05) is 6.07 Å². The van der Waals surface area contributed by atoms with Gasteiger partial charge in [0.05, 0.1) is 31.5 Å². The Bertz CT molecular complexity index is 1080. The first-order valence-corrected chi connectivity index (χ1v) is 10.4. The van der Waals surface area contributed by atoms with E-state index >= 15 is 0 Å². The summed E-state index contributed by atoms with van der Waals surface area (Å²) in [4.78, 5) is -0.0409. The summed E-state index contributed by atoms with van der Waals surface area (Å²) in [5.74, 6) is 0.578. The van der Waals surface area contributed by atoms with Gasteiger partial charge in [-0.15, -0.1) is 0 Å². The van der Waals surface area contributed by atoms with Crippen LogP contribution in [0.1, 0.15) is 5.56 Å². The lowest BCUT2D eigenvalue weighted by molar-refractivity contribution is 0.393. The van der Waals surface area contributed by atoms with Crippen molar-refractivity contribution in [3.8, 4) is 11.5 Å². The molecular weight excluding hydrogens is 417 g/mol. The van der Waals surface area contributed by atoms with Crippen LogP contribution in [-0.2, 0) is 16.6 Å². The zero-order chi connectivity index (χ0) is 21.0. The fourth-order valence-electron chi connectivity index (χ4n) is 2.82. The molecule has 8 heteroatoms. The maximum Gasteiger partial charge on any atom is 0.266 e. The predicted octanol–water partition coefficient (Wildman–Crippen LogP) is 4.89. The maximum atomic E-state index is 13.4. The molecule has 29 heavy (non-hydrogen) atoms. The number of sulfonamides is 1. The number of anilines is 1. The van der Waals surface area contributed by atoms with Crippen LogP contribution in [0.2, 0.25) is 5.02 Å². The van der Waals surface area contributed by atoms with Gasteiger partial charge in [-0.3, -0.25) is 4.31 Å². The number of methoxy groups -OCH3 is 2. The van der Waals surface area contributed by atoms with Crippen LogP contribution in [0.3, 0.4) is 0 Å². The summed E-state index contributed by atoms with van der Waals surface area (Å²) in [5.41, 5.74) is 0.925. The molecule has 0 radical (unpaired) electrons. The number of hydrogen-bond acceptors (Lipinski definition) is 4. The molecule has 0 atom stereocenters. The van der Waals surface area contributed by atoms with Gasteiger partial charge >= 0.3 is 0 Å². The normalized spacial score (nSPS) is 11.2. The van der Waals surface area contributed by atoms with Gasteiger partial charge in [-0.25, -0.2) is 12.8 Å². The van der Waals surface area contributed by atoms with Crippen molar-refractivity contribution in [1.82, 2.24) is 0 Å². The number of halogens is 2. The molecule has 0 amide bonds. The van der Waals surface area contributed by atoms with Crippen molar-refractivity contribution in [3.63, 3.8) is 0 Å². The molecule has 0 saturated carbocycles. The Labute approximate surface area is 174 Å². The smallest absolute Gasteiger partial charge is 0.266 e. The van der Waals surface area contributed by atoms with E-state index in [9.17, 15) is 12.8 Å². The molecule has 0 aliphatic heterocycles. The number of ether oxygens (including phenoxy) is 2. The maximum absolute atomic E-state index is 13.4. The molecule has 3 aromatic carbocycles. The first-order valence-electron chi connectivity index (χ1n) is 8.60. The first-order chi connectivity index (χ1) is 13.8. The molecule has 0 aliphatic carbocycles. The zero-order valence-electron chi connectivity index (χ0n) is 15.8. The summed E-state index contributed by atoms with van der Waals surface area (Å²) < 4.78 is 52.0. The molecule has 0 aromatic heterocycles. The van der Waals surface area contributed by atoms with Crippen molar-refractivity contribution in [2.45, 2.75) is 11.4 Å². The minimum absolute atomic E-state index is 0.0350. The van der Waals surface area contributed by atoms with E-state index in [0.717, 1.165) is 0 Å². The van der Waals surface area contributed by atoms with Crippen molar-refractivity contribution in [2.75, 3.05) is 18.5 Å². The van der Waals surface area contributed by atoms with E-state index in [-0.39, 0.29) is 16.5 Å². The SMILES string of the molecule is COc1cc(CN(c2ccc(F)cc2)S(=O)(=O)c2ccccc2Cl)cc(OC)c1. The van der Waals surface area contributed by atoms with Gasteiger partial charge in [-0.2, -0.15) is 0 Å². The highest BCUT2D eigenvalue weighted by atomic mass is 35.5. The number of rotatable bonds is 7. The van der Waals surface area contributed by atoms with Crippen LogP contribution in [-0.4, -0.2) is 22.6 Å². The molecule has 0 aliphatic rings. The van der Waals surface area contributed by atoms with Gasteiger partial charge in [0.2, 0.25) is 0 Å². The van der Waals surface area contributed by atoms with Crippen LogP contribution in [0.25, 0.3) is 0 Å². The lowest BCUT2D eigenvalue weighted by Gasteiger charge is -2.25. The van der Waals surface area contributed by atoms with E-state index in [4.69, 9.17) is 21.1 Å². The molecule has 0 unspecified atom stereocenters. The number of benzene rings is 3. The Morgan fingerprint density at radius 2 is 1.52 bits per heavy atom. The summed E-state index contributed by atoms with van der Waals surface area (Å²) in [6, 6.07) is 16.5. The lowest BCUT2D eigenvalue weighted by atomic mass is 10.2. The van der Waals surface area contributed by atoms with E-state index in [1.54, 1.807) is 30.3 Å². The molecule has 3 aromatic rings. The van der Waals surface area contributed by atoms with Crippen molar-refractivity contribution < 1.29 is 22.3 Å². The van der Waals surface area contributed by atoms with Crippen LogP contribution in [0.4, 0.5) is 10.1 Å². The average molecular weight is 436 g/mol. The average Bonchev–Trinajstić information content (AvgIpc) is 2.72. The van der Waals surface area contributed by atoms with Crippen molar-refractivity contribution in [2.24, 2.45) is 0 Å². The van der Waals surface area contributed by atoms with Crippen LogP contribution >= 0.6 is 11.6 Å². The first kappa shape index (κ1) is 21.0. The van der Waals surface area contributed by atoms with Gasteiger partial charge in [-0.05, 0) is 54.1 Å². The standard InChI is InChI=1S/C21H19ClFNO4S/c1-27-18-11-15(12-19(13-18)28-2)14-24(17-9-7-16(23)8-10-17)29(25,26)21-6-4-3-5-20(21)22/h3-13H,14H2,1-2H3. The fraction of sp³-hybridized carbons (Fsp3) is 0.143. The van der Waals surface area contributed by atoms with Gasteiger partial charge in [0.15, 0.2) is 0 Å². The third-order valence-corrected chi connectivity index (χ3v) is 6.53. The highest BCUT2D eigenvalue weighted by molar-refractivity contribution is 7.93. The quantitative estimate of drug-likeness (QED) is 0.530. The molecule has 0 N–H and O–H groups in total. The van der Waals surface area contributed by atoms with Crippen LogP contribution in [0.15, 0.2) is 71.6 Å². The summed E-state index contributed by atoms with van der Waals surface area (Å²) in [6.07, 6.45) is 0. The molecule has 0 fully saturated rings. The molecule has 0 spiro atoms. The largest absolute Gasteiger partial charge is 0.497 e. The van der Waals surface area contributed by atoms with Crippen molar-refractivity contribution in [1.29, 1.82) is 0 Å². The third-order valence-electron chi connectivity index (χ3n) is 4.26. The Kier molecular flexibility index (Phi) is 6.30. The fourth-order valence-corrected chi connectivity index (χ4v) is 4.77. The van der Waals surface area contributed by atoms with E-state index in [2.05, 4.69) is 0 Å². The minimum atomic E-state index is -4.04. The Balaban J connectivity index is 2.12. The van der Waals surface area contributed by atoms with Crippen molar-refractivity contribution >= 4 is 27.3 Å². The summed E-state index contributed by atoms with van der Waals surface area (Å²) in [5, 5.41) is 0.0998. The topological polar surface area (TPSA) is 55.8 Å². The molecule has 5 nitrogen and oxygen atoms in total. The molecule has 0 bridgehead atoms. The highest BCUT2D eigenvalue weighted by Crippen LogP contribution is 2.31. The summed E-state index contributed by atoms with van der Waals surface area (Å²) in [6.45, 7) is -0.0350. The van der Waals surface area contributed by atoms with Crippen LogP contribution in [0.5, 0.6) is 11.5 Å². The van der Waals surface area contributed by atoms with Crippen LogP contribution < -0.4 is 13.8 Å². The van der Waals surface area contributed by atoms with E-state index in [1.807, 2.05) is 0 Å². The second-order valence-corrected chi connectivity index (χ2v) is 8.38. The summed E-state index contributed by atoms with van der Waals surface area (Å²) >= 11 is 6.16. The van der Waals surface area contributed by atoms with E-state index in [0.29, 0.717) is 22.7 Å². The Morgan fingerprint density at radius 3 is 2.07 bits per heavy atom. The Morgan fingerprint density at radius 1 is 0.931 bits per heavy atom. The third kappa shape index (κ3) is 4.63. The van der Waals surface area contributed by atoms with Gasteiger partial charge < -0.3 is 9.47 Å². The molecule has 0 heterocycles. The van der Waals surface area contributed by atoms with E-state index in [1.165, 1.54) is 54.9 Å². The predicted molar refractivity (Wildman–Crippen MR) is 111 cm³/mol. The van der Waals surface area contributed by atoms with Crippen molar-refractivity contribution in [3.05, 3.63) is 83.1 Å². The lowest BCUT2D eigenvalue weighted by Crippen LogP contribution is -2.30. The zero-order valence-corrected chi connectivity index (χ0v) is 17.4. The Hall–Kier alpha value is -2.77. The monoisotopic (exact) mass is 435 g/mol. The highest BCUT2D eigenvalue weighted by Gasteiger charge is 2.27. The van der Waals surface area contributed by atoms with Gasteiger partial charge in [0.1, 0.15) is 22.2 Å². The number of nitrogens with zero attached hydrogens (tertiary/aromatic N) is 1. The molecular formula is C21H19ClFNO4S. The van der Waals surface area contributed by atoms with Gasteiger partial charge in [0.25, 0.3) is 10.0 Å². The van der Waals surface area contributed by atoms with Crippen LogP contribution in [0, 0.1) is 5.82 Å². The number of hydrogen-bond donors (Lipinski definition) is 0. The molecule has 3 rings (SSSR count). The second-order valence-electron chi connectivity index (χ2n) is 6.14.